The maximum atomic E-state index is 14.7. The van der Waals surface area contributed by atoms with E-state index < -0.39 is 13.3 Å². The number of halogens is 1. The summed E-state index contributed by atoms with van der Waals surface area (Å²) in [5.41, 5.74) is 2.65. The number of piperidine rings is 1. The van der Waals surface area contributed by atoms with Gasteiger partial charge in [0.2, 0.25) is 0 Å². The SMILES string of the molecule is C=C(C#N)c1c(C#CCNc2ccc(P(C)(C)=O)cc2OC)sc2c(N[C@@H]3CCN(C)C[C@@H]3F)cccc12. The molecule has 2 heterocycles. The molecular formula is C29H32FN4O2PS. The normalized spacial score (nSPS) is 17.8. The van der Waals surface area contributed by atoms with Crippen molar-refractivity contribution in [3.63, 3.8) is 0 Å². The van der Waals surface area contributed by atoms with E-state index in [4.69, 9.17) is 4.74 Å². The fourth-order valence-electron chi connectivity index (χ4n) is 4.52. The van der Waals surface area contributed by atoms with Crippen molar-refractivity contribution in [1.82, 2.24) is 4.90 Å². The summed E-state index contributed by atoms with van der Waals surface area (Å²) < 4.78 is 33.5. The number of benzene rings is 2. The van der Waals surface area contributed by atoms with Gasteiger partial charge in [-0.15, -0.1) is 11.3 Å². The molecule has 1 saturated heterocycles. The van der Waals surface area contributed by atoms with Gasteiger partial charge in [0.1, 0.15) is 19.1 Å². The molecule has 2 N–H and O–H groups in total. The molecule has 0 spiro atoms. The molecule has 0 aliphatic carbocycles. The van der Waals surface area contributed by atoms with Crippen LogP contribution in [0.2, 0.25) is 0 Å². The van der Waals surface area contributed by atoms with Crippen LogP contribution in [0.15, 0.2) is 43.0 Å². The summed E-state index contributed by atoms with van der Waals surface area (Å²) in [4.78, 5) is 2.74. The molecule has 6 nitrogen and oxygen atoms in total. The van der Waals surface area contributed by atoms with E-state index in [1.54, 1.807) is 26.5 Å². The number of allylic oxidation sites excluding steroid dienone is 1. The molecule has 4 rings (SSSR count). The van der Waals surface area contributed by atoms with Gasteiger partial charge in [-0.25, -0.2) is 4.39 Å². The molecule has 0 radical (unpaired) electrons. The molecule has 0 amide bonds. The monoisotopic (exact) mass is 550 g/mol. The lowest BCUT2D eigenvalue weighted by molar-refractivity contribution is 0.149. The molecule has 38 heavy (non-hydrogen) atoms. The van der Waals surface area contributed by atoms with Gasteiger partial charge >= 0.3 is 0 Å². The number of hydrogen-bond acceptors (Lipinski definition) is 7. The number of alkyl halides is 1. The van der Waals surface area contributed by atoms with Crippen molar-refractivity contribution >= 4 is 50.8 Å². The number of nitrogens with zero attached hydrogens (tertiary/aromatic N) is 2. The summed E-state index contributed by atoms with van der Waals surface area (Å²) in [5.74, 6) is 6.95. The van der Waals surface area contributed by atoms with Crippen LogP contribution in [0.3, 0.4) is 0 Å². The zero-order valence-electron chi connectivity index (χ0n) is 22.1. The average Bonchev–Trinajstić information content (AvgIpc) is 3.26. The molecule has 0 unspecified atom stereocenters. The van der Waals surface area contributed by atoms with Crippen LogP contribution in [-0.4, -0.2) is 64.2 Å². The summed E-state index contributed by atoms with van der Waals surface area (Å²) in [6.07, 6.45) is -0.246. The Labute approximate surface area is 227 Å². The number of likely N-dealkylation sites (tertiary alicyclic amines) is 1. The predicted molar refractivity (Wildman–Crippen MR) is 158 cm³/mol. The second-order valence-electron chi connectivity index (χ2n) is 9.79. The Balaban J connectivity index is 1.60. The highest BCUT2D eigenvalue weighted by Crippen LogP contribution is 2.40. The number of rotatable bonds is 7. The van der Waals surface area contributed by atoms with Crippen LogP contribution >= 0.6 is 18.5 Å². The second-order valence-corrected chi connectivity index (χ2v) is 14.0. The Bertz CT molecular complexity index is 1510. The zero-order valence-corrected chi connectivity index (χ0v) is 23.8. The van der Waals surface area contributed by atoms with Crippen LogP contribution in [0.4, 0.5) is 15.8 Å². The maximum Gasteiger partial charge on any atom is 0.142 e. The number of nitriles is 1. The molecule has 0 bridgehead atoms. The predicted octanol–water partition coefficient (Wildman–Crippen LogP) is 5.61. The molecular weight excluding hydrogens is 518 g/mol. The molecule has 2 aromatic carbocycles. The number of methoxy groups -OCH3 is 1. The van der Waals surface area contributed by atoms with Gasteiger partial charge in [-0.1, -0.05) is 30.6 Å². The molecule has 9 heteroatoms. The van der Waals surface area contributed by atoms with Crippen LogP contribution in [0.1, 0.15) is 16.9 Å². The first-order valence-corrected chi connectivity index (χ1v) is 15.7. The number of nitrogens with one attached hydrogen (secondary N) is 2. The third-order valence-corrected chi connectivity index (χ3v) is 9.29. The lowest BCUT2D eigenvalue weighted by Gasteiger charge is -2.33. The second kappa shape index (κ2) is 11.6. The van der Waals surface area contributed by atoms with Crippen molar-refractivity contribution in [2.45, 2.75) is 18.6 Å². The minimum Gasteiger partial charge on any atom is -0.495 e. The highest BCUT2D eigenvalue weighted by atomic mass is 32.1. The first-order chi connectivity index (χ1) is 18.1. The van der Waals surface area contributed by atoms with Crippen LogP contribution < -0.4 is 20.7 Å². The number of anilines is 2. The van der Waals surface area contributed by atoms with Gasteiger partial charge in [-0.2, -0.15) is 5.26 Å². The van der Waals surface area contributed by atoms with Crippen LogP contribution in [0.25, 0.3) is 15.7 Å². The van der Waals surface area contributed by atoms with E-state index in [-0.39, 0.29) is 6.04 Å². The van der Waals surface area contributed by atoms with Crippen LogP contribution in [0.5, 0.6) is 5.75 Å². The zero-order chi connectivity index (χ0) is 27.4. The number of fused-ring (bicyclic) bond motifs is 1. The summed E-state index contributed by atoms with van der Waals surface area (Å²) in [6, 6.07) is 13.2. The maximum absolute atomic E-state index is 14.7. The van der Waals surface area contributed by atoms with Crippen LogP contribution in [-0.2, 0) is 4.57 Å². The molecule has 1 aromatic heterocycles. The van der Waals surface area contributed by atoms with Gasteiger partial charge in [0, 0.05) is 29.3 Å². The van der Waals surface area contributed by atoms with Crippen molar-refractivity contribution in [3.05, 3.63) is 53.4 Å². The lowest BCUT2D eigenvalue weighted by atomic mass is 10.0. The van der Waals surface area contributed by atoms with Crippen molar-refractivity contribution in [2.75, 3.05) is 57.8 Å². The standard InChI is InChI=1S/C29H32FN4O2PS/c1-19(17-31)28-21-8-6-9-25(33-23-13-15-34(2)18-22(23)30)29(21)38-27(28)10-7-14-32-24-12-11-20(37(4,5)35)16-26(24)36-3/h6,8-9,11-12,16,22-23,32-33H,1,13-15,18H2,2-5H3/t22-,23+/m0/s1. The van der Waals surface area contributed by atoms with Gasteiger partial charge in [0.25, 0.3) is 0 Å². The van der Waals surface area contributed by atoms with E-state index in [0.717, 1.165) is 38.2 Å². The number of hydrogen-bond donors (Lipinski definition) is 2. The fourth-order valence-corrected chi connectivity index (χ4v) is 6.56. The van der Waals surface area contributed by atoms with Crippen molar-refractivity contribution in [2.24, 2.45) is 0 Å². The highest BCUT2D eigenvalue weighted by Gasteiger charge is 2.28. The summed E-state index contributed by atoms with van der Waals surface area (Å²) in [6.45, 7) is 8.98. The first kappa shape index (κ1) is 27.7. The smallest absolute Gasteiger partial charge is 0.142 e. The Morgan fingerprint density at radius 3 is 2.79 bits per heavy atom. The van der Waals surface area contributed by atoms with Gasteiger partial charge in [-0.3, -0.25) is 0 Å². The van der Waals surface area contributed by atoms with Crippen LogP contribution in [0, 0.1) is 23.2 Å². The quantitative estimate of drug-likeness (QED) is 0.226. The van der Waals surface area contributed by atoms with E-state index >= 15 is 0 Å². The molecule has 1 fully saturated rings. The molecule has 1 aliphatic heterocycles. The Hall–Kier alpha value is -3.29. The van der Waals surface area contributed by atoms with Crippen molar-refractivity contribution in [1.29, 1.82) is 5.26 Å². The highest BCUT2D eigenvalue weighted by molar-refractivity contribution is 7.70. The molecule has 2 atom stereocenters. The molecule has 3 aromatic rings. The third kappa shape index (κ3) is 6.05. The summed E-state index contributed by atoms with van der Waals surface area (Å²) in [5, 5.41) is 17.9. The minimum atomic E-state index is -2.40. The molecule has 0 saturated carbocycles. The minimum absolute atomic E-state index is 0.268. The van der Waals surface area contributed by atoms with E-state index in [1.807, 2.05) is 42.3 Å². The van der Waals surface area contributed by atoms with E-state index in [0.29, 0.717) is 36.4 Å². The first-order valence-electron chi connectivity index (χ1n) is 12.3. The van der Waals surface area contributed by atoms with E-state index in [9.17, 15) is 14.2 Å². The van der Waals surface area contributed by atoms with E-state index in [2.05, 4.69) is 35.1 Å². The average molecular weight is 551 g/mol. The van der Waals surface area contributed by atoms with E-state index in [1.165, 1.54) is 11.3 Å². The summed E-state index contributed by atoms with van der Waals surface area (Å²) in [7, 11) is 1.11. The summed E-state index contributed by atoms with van der Waals surface area (Å²) >= 11 is 1.48. The third-order valence-electron chi connectivity index (χ3n) is 6.61. The van der Waals surface area contributed by atoms with Crippen molar-refractivity contribution in [3.8, 4) is 23.7 Å². The topological polar surface area (TPSA) is 77.4 Å². The van der Waals surface area contributed by atoms with Gasteiger partial charge in [-0.05, 0) is 51.1 Å². The Kier molecular flexibility index (Phi) is 8.48. The lowest BCUT2D eigenvalue weighted by Crippen LogP contribution is -2.46. The van der Waals surface area contributed by atoms with Crippen molar-refractivity contribution < 1.29 is 13.7 Å². The molecule has 1 aliphatic rings. The Morgan fingerprint density at radius 2 is 2.11 bits per heavy atom. The van der Waals surface area contributed by atoms with Gasteiger partial charge in [0.15, 0.2) is 0 Å². The number of thiophene rings is 1. The largest absolute Gasteiger partial charge is 0.495 e. The molecule has 198 valence electrons. The van der Waals surface area contributed by atoms with Gasteiger partial charge in [0.05, 0.1) is 52.3 Å². The number of ether oxygens (including phenoxy) is 1. The Morgan fingerprint density at radius 1 is 1.32 bits per heavy atom. The van der Waals surface area contributed by atoms with Gasteiger partial charge < -0.3 is 24.8 Å². The fraction of sp³-hybridized carbons (Fsp3) is 0.345.